The van der Waals surface area contributed by atoms with E-state index in [0.29, 0.717) is 24.2 Å². The molecule has 1 aromatic carbocycles. The molecule has 3 rings (SSSR count). The number of nitrogens with zero attached hydrogens (tertiary/aromatic N) is 4. The van der Waals surface area contributed by atoms with Crippen molar-refractivity contribution in [3.8, 4) is 5.69 Å². The number of likely N-dealkylation sites (tertiary alicyclic amines) is 1. The van der Waals surface area contributed by atoms with Crippen LogP contribution in [-0.2, 0) is 6.54 Å². The molecule has 1 aliphatic rings. The van der Waals surface area contributed by atoms with Gasteiger partial charge >= 0.3 is 0 Å². The van der Waals surface area contributed by atoms with Crippen LogP contribution in [0, 0.1) is 12.7 Å². The molecule has 1 saturated heterocycles. The summed E-state index contributed by atoms with van der Waals surface area (Å²) in [7, 11) is 0. The van der Waals surface area contributed by atoms with E-state index in [1.54, 1.807) is 23.0 Å². The molecule has 0 saturated carbocycles. The van der Waals surface area contributed by atoms with Crippen molar-refractivity contribution in [2.24, 2.45) is 10.7 Å². The van der Waals surface area contributed by atoms with Crippen molar-refractivity contribution in [1.82, 2.24) is 19.8 Å². The van der Waals surface area contributed by atoms with E-state index < -0.39 is 0 Å². The zero-order valence-electron chi connectivity index (χ0n) is 15.5. The zero-order chi connectivity index (χ0) is 18.5. The second kappa shape index (κ2) is 8.31. The summed E-state index contributed by atoms with van der Waals surface area (Å²) in [4.78, 5) is 10.9. The molecule has 0 bridgehead atoms. The Hall–Kier alpha value is -2.41. The molecule has 1 atom stereocenters. The van der Waals surface area contributed by atoms with Gasteiger partial charge in [0, 0.05) is 25.0 Å². The third-order valence-corrected chi connectivity index (χ3v) is 4.95. The third-order valence-electron chi connectivity index (χ3n) is 4.95. The molecule has 7 heteroatoms. The first kappa shape index (κ1) is 18.4. The molecule has 1 aliphatic heterocycles. The molecule has 140 valence electrons. The second-order valence-corrected chi connectivity index (χ2v) is 6.64. The van der Waals surface area contributed by atoms with Gasteiger partial charge in [-0.05, 0) is 50.6 Å². The highest BCUT2D eigenvalue weighted by Gasteiger charge is 2.22. The van der Waals surface area contributed by atoms with Crippen molar-refractivity contribution in [2.75, 3.05) is 19.6 Å². The molecule has 1 aromatic heterocycles. The Morgan fingerprint density at radius 2 is 2.31 bits per heavy atom. The van der Waals surface area contributed by atoms with E-state index in [1.165, 1.54) is 18.9 Å². The predicted octanol–water partition coefficient (Wildman–Crippen LogP) is 2.21. The number of hydrogen-bond acceptors (Lipinski definition) is 3. The van der Waals surface area contributed by atoms with Gasteiger partial charge in [-0.2, -0.15) is 0 Å². The summed E-state index contributed by atoms with van der Waals surface area (Å²) in [5, 5.41) is 3.19. The SMILES string of the molecule is CCN1CCCC1CNC(N)=NCc1ccc(-n2ccnc2C)c(F)c1. The van der Waals surface area contributed by atoms with Crippen molar-refractivity contribution in [3.63, 3.8) is 0 Å². The van der Waals surface area contributed by atoms with Gasteiger partial charge in [0.15, 0.2) is 5.96 Å². The van der Waals surface area contributed by atoms with Crippen LogP contribution in [0.1, 0.15) is 31.2 Å². The summed E-state index contributed by atoms with van der Waals surface area (Å²) < 4.78 is 16.1. The standard InChI is InChI=1S/C19H27FN6/c1-3-25-9-4-5-16(25)13-24-19(21)23-12-15-6-7-18(17(20)11-15)26-10-8-22-14(26)2/h6-8,10-11,16H,3-5,9,12-13H2,1-2H3,(H3,21,23,24). The molecular weight excluding hydrogens is 331 g/mol. The highest BCUT2D eigenvalue weighted by atomic mass is 19.1. The number of halogens is 1. The smallest absolute Gasteiger partial charge is 0.188 e. The molecule has 0 amide bonds. The summed E-state index contributed by atoms with van der Waals surface area (Å²) in [6, 6.07) is 5.63. The molecule has 0 aliphatic carbocycles. The predicted molar refractivity (Wildman–Crippen MR) is 102 cm³/mol. The van der Waals surface area contributed by atoms with Crippen LogP contribution in [0.2, 0.25) is 0 Å². The van der Waals surface area contributed by atoms with E-state index >= 15 is 0 Å². The lowest BCUT2D eigenvalue weighted by atomic mass is 10.2. The number of imidazole rings is 1. The van der Waals surface area contributed by atoms with E-state index in [-0.39, 0.29) is 5.82 Å². The van der Waals surface area contributed by atoms with Crippen molar-refractivity contribution >= 4 is 5.96 Å². The fourth-order valence-electron chi connectivity index (χ4n) is 3.47. The average Bonchev–Trinajstić information content (AvgIpc) is 3.26. The van der Waals surface area contributed by atoms with Crippen LogP contribution in [0.3, 0.4) is 0 Å². The number of aromatic nitrogens is 2. The summed E-state index contributed by atoms with van der Waals surface area (Å²) >= 11 is 0. The van der Waals surface area contributed by atoms with Crippen LogP contribution in [0.5, 0.6) is 0 Å². The lowest BCUT2D eigenvalue weighted by molar-refractivity contribution is 0.267. The van der Waals surface area contributed by atoms with Crippen molar-refractivity contribution in [2.45, 2.75) is 39.3 Å². The topological polar surface area (TPSA) is 71.5 Å². The normalized spacial score (nSPS) is 18.4. The number of hydrogen-bond donors (Lipinski definition) is 2. The fraction of sp³-hybridized carbons (Fsp3) is 0.474. The zero-order valence-corrected chi connectivity index (χ0v) is 15.5. The van der Waals surface area contributed by atoms with Gasteiger partial charge < -0.3 is 15.6 Å². The lowest BCUT2D eigenvalue weighted by Crippen LogP contribution is -2.42. The number of rotatable bonds is 6. The number of likely N-dealkylation sites (N-methyl/N-ethyl adjacent to an activating group) is 1. The third kappa shape index (κ3) is 4.22. The fourth-order valence-corrected chi connectivity index (χ4v) is 3.47. The molecular formula is C19H27FN6. The van der Waals surface area contributed by atoms with Gasteiger partial charge in [0.05, 0.1) is 12.2 Å². The monoisotopic (exact) mass is 358 g/mol. The number of guanidine groups is 1. The molecule has 0 radical (unpaired) electrons. The van der Waals surface area contributed by atoms with E-state index in [1.807, 2.05) is 13.0 Å². The maximum Gasteiger partial charge on any atom is 0.188 e. The van der Waals surface area contributed by atoms with Gasteiger partial charge in [-0.25, -0.2) is 14.4 Å². The molecule has 26 heavy (non-hydrogen) atoms. The minimum Gasteiger partial charge on any atom is -0.370 e. The molecule has 2 aromatic rings. The van der Waals surface area contributed by atoms with Crippen molar-refractivity contribution in [3.05, 3.63) is 47.8 Å². The first-order valence-corrected chi connectivity index (χ1v) is 9.15. The number of benzene rings is 1. The van der Waals surface area contributed by atoms with Gasteiger partial charge in [0.2, 0.25) is 0 Å². The molecule has 1 fully saturated rings. The van der Waals surface area contributed by atoms with Crippen LogP contribution >= 0.6 is 0 Å². The van der Waals surface area contributed by atoms with E-state index in [2.05, 4.69) is 27.1 Å². The Balaban J connectivity index is 1.57. The largest absolute Gasteiger partial charge is 0.370 e. The van der Waals surface area contributed by atoms with Gasteiger partial charge in [-0.3, -0.25) is 4.90 Å². The number of aryl methyl sites for hydroxylation is 1. The minimum atomic E-state index is -0.296. The van der Waals surface area contributed by atoms with Gasteiger partial charge in [0.25, 0.3) is 0 Å². The van der Waals surface area contributed by atoms with Gasteiger partial charge in [-0.15, -0.1) is 0 Å². The summed E-state index contributed by atoms with van der Waals surface area (Å²) in [5.41, 5.74) is 7.23. The Labute approximate surface area is 153 Å². The van der Waals surface area contributed by atoms with Crippen LogP contribution in [0.15, 0.2) is 35.6 Å². The quantitative estimate of drug-likeness (QED) is 0.613. The second-order valence-electron chi connectivity index (χ2n) is 6.64. The Bertz CT molecular complexity index is 769. The molecule has 2 heterocycles. The summed E-state index contributed by atoms with van der Waals surface area (Å²) in [6.45, 7) is 7.39. The Kier molecular flexibility index (Phi) is 5.88. The molecule has 3 N–H and O–H groups in total. The van der Waals surface area contributed by atoms with E-state index in [4.69, 9.17) is 5.73 Å². The number of nitrogens with one attached hydrogen (secondary N) is 1. The average molecular weight is 358 g/mol. The van der Waals surface area contributed by atoms with Crippen molar-refractivity contribution < 1.29 is 4.39 Å². The molecule has 1 unspecified atom stereocenters. The van der Waals surface area contributed by atoms with Gasteiger partial charge in [0.1, 0.15) is 11.6 Å². The van der Waals surface area contributed by atoms with Crippen LogP contribution in [0.4, 0.5) is 4.39 Å². The lowest BCUT2D eigenvalue weighted by Gasteiger charge is -2.23. The first-order valence-electron chi connectivity index (χ1n) is 9.15. The Morgan fingerprint density at radius 1 is 1.46 bits per heavy atom. The summed E-state index contributed by atoms with van der Waals surface area (Å²) in [5.74, 6) is 0.855. The van der Waals surface area contributed by atoms with Crippen LogP contribution < -0.4 is 11.1 Å². The number of nitrogens with two attached hydrogens (primary N) is 1. The van der Waals surface area contributed by atoms with E-state index in [0.717, 1.165) is 31.0 Å². The molecule has 6 nitrogen and oxygen atoms in total. The van der Waals surface area contributed by atoms with Crippen molar-refractivity contribution in [1.29, 1.82) is 0 Å². The van der Waals surface area contributed by atoms with Gasteiger partial charge in [-0.1, -0.05) is 13.0 Å². The maximum absolute atomic E-state index is 14.4. The number of aliphatic imine (C=N–C) groups is 1. The highest BCUT2D eigenvalue weighted by Crippen LogP contribution is 2.17. The molecule has 0 spiro atoms. The Morgan fingerprint density at radius 3 is 3.00 bits per heavy atom. The summed E-state index contributed by atoms with van der Waals surface area (Å²) in [6.07, 6.45) is 5.83. The first-order chi connectivity index (χ1) is 12.6. The minimum absolute atomic E-state index is 0.296. The maximum atomic E-state index is 14.4. The van der Waals surface area contributed by atoms with Crippen LogP contribution in [-0.4, -0.2) is 46.1 Å². The van der Waals surface area contributed by atoms with Crippen LogP contribution in [0.25, 0.3) is 5.69 Å². The van der Waals surface area contributed by atoms with E-state index in [9.17, 15) is 4.39 Å². The highest BCUT2D eigenvalue weighted by molar-refractivity contribution is 5.77.